The first-order chi connectivity index (χ1) is 14.2. The minimum absolute atomic E-state index is 0.0600. The number of carbonyl (C=O) groups excluding carboxylic acids is 1. The van der Waals surface area contributed by atoms with E-state index < -0.39 is 0 Å². The molecule has 0 atom stereocenters. The Balaban J connectivity index is 1.36. The van der Waals surface area contributed by atoms with E-state index in [1.54, 1.807) is 17.5 Å². The Kier molecular flexibility index (Phi) is 4.72. The number of thiophene rings is 1. The van der Waals surface area contributed by atoms with Crippen LogP contribution in [0, 0.1) is 6.92 Å². The fourth-order valence-corrected chi connectivity index (χ4v) is 5.08. The van der Waals surface area contributed by atoms with Crippen molar-refractivity contribution in [1.82, 2.24) is 14.3 Å². The lowest BCUT2D eigenvalue weighted by Gasteiger charge is -2.16. The number of aryl methyl sites for hydroxylation is 1. The highest BCUT2D eigenvalue weighted by atomic mass is 32.1. The van der Waals surface area contributed by atoms with Gasteiger partial charge in [-0.15, -0.1) is 11.3 Å². The van der Waals surface area contributed by atoms with Gasteiger partial charge in [-0.05, 0) is 42.8 Å². The molecule has 5 rings (SSSR count). The topological polar surface area (TPSA) is 51.9 Å². The maximum absolute atomic E-state index is 13.1. The zero-order valence-corrected chi connectivity index (χ0v) is 17.3. The van der Waals surface area contributed by atoms with E-state index in [2.05, 4.69) is 57.6 Å². The fraction of sp³-hybridized carbons (Fsp3) is 0.304. The van der Waals surface area contributed by atoms with E-state index in [0.717, 1.165) is 24.2 Å². The van der Waals surface area contributed by atoms with Gasteiger partial charge in [-0.2, -0.15) is 5.10 Å². The summed E-state index contributed by atoms with van der Waals surface area (Å²) in [5.41, 5.74) is 5.09. The molecule has 1 fully saturated rings. The van der Waals surface area contributed by atoms with E-state index in [4.69, 9.17) is 0 Å². The molecule has 0 aliphatic heterocycles. The molecule has 1 aliphatic rings. The van der Waals surface area contributed by atoms with E-state index in [9.17, 15) is 4.79 Å². The first kappa shape index (κ1) is 18.2. The molecule has 0 radical (unpaired) electrons. The van der Waals surface area contributed by atoms with Crippen molar-refractivity contribution in [3.63, 3.8) is 0 Å². The highest BCUT2D eigenvalue weighted by Crippen LogP contribution is 2.36. The summed E-state index contributed by atoms with van der Waals surface area (Å²) in [6.07, 6.45) is 8.38. The Morgan fingerprint density at radius 1 is 1.21 bits per heavy atom. The Hall–Kier alpha value is -2.86. The number of hydrogen-bond donors (Lipinski definition) is 1. The van der Waals surface area contributed by atoms with Crippen LogP contribution in [-0.4, -0.2) is 20.3 Å². The second-order valence-electron chi connectivity index (χ2n) is 7.87. The molecular weight excluding hydrogens is 380 g/mol. The largest absolute Gasteiger partial charge is 0.333 e. The molecule has 1 aromatic carbocycles. The van der Waals surface area contributed by atoms with Gasteiger partial charge in [0.1, 0.15) is 5.69 Å². The predicted molar refractivity (Wildman–Crippen MR) is 118 cm³/mol. The number of aromatic nitrogens is 3. The smallest absolute Gasteiger partial charge is 0.272 e. The molecule has 29 heavy (non-hydrogen) atoms. The lowest BCUT2D eigenvalue weighted by Crippen LogP contribution is -2.19. The van der Waals surface area contributed by atoms with Crippen molar-refractivity contribution in [3.8, 4) is 0 Å². The third kappa shape index (κ3) is 3.60. The van der Waals surface area contributed by atoms with Gasteiger partial charge in [-0.3, -0.25) is 9.48 Å². The quantitative estimate of drug-likeness (QED) is 0.469. The number of benzene rings is 1. The number of fused-ring (bicyclic) bond motifs is 1. The van der Waals surface area contributed by atoms with Crippen LogP contribution in [0.5, 0.6) is 0 Å². The van der Waals surface area contributed by atoms with Crippen molar-refractivity contribution in [3.05, 3.63) is 71.0 Å². The number of nitrogens with zero attached hydrogens (tertiary/aromatic N) is 3. The molecule has 1 saturated carbocycles. The Labute approximate surface area is 174 Å². The normalized spacial score (nSPS) is 14.7. The molecule has 3 heterocycles. The van der Waals surface area contributed by atoms with E-state index in [1.165, 1.54) is 34.2 Å². The van der Waals surface area contributed by atoms with Gasteiger partial charge in [0.25, 0.3) is 5.91 Å². The van der Waals surface area contributed by atoms with E-state index in [-0.39, 0.29) is 5.91 Å². The maximum Gasteiger partial charge on any atom is 0.272 e. The van der Waals surface area contributed by atoms with Gasteiger partial charge in [0.05, 0.1) is 28.6 Å². The summed E-state index contributed by atoms with van der Waals surface area (Å²) in [6, 6.07) is 13.0. The van der Waals surface area contributed by atoms with E-state index in [0.29, 0.717) is 12.6 Å². The van der Waals surface area contributed by atoms with Crippen LogP contribution in [0.2, 0.25) is 0 Å². The van der Waals surface area contributed by atoms with Crippen LogP contribution in [0.4, 0.5) is 5.69 Å². The first-order valence-corrected chi connectivity index (χ1v) is 11.0. The molecular formula is C23H24N4OS. The number of carbonyl (C=O) groups is 1. The van der Waals surface area contributed by atoms with Gasteiger partial charge in [-0.1, -0.05) is 42.7 Å². The molecule has 148 valence electrons. The van der Waals surface area contributed by atoms with Gasteiger partial charge >= 0.3 is 0 Å². The lowest BCUT2D eigenvalue weighted by atomic mass is 10.1. The molecule has 4 aromatic rings. The van der Waals surface area contributed by atoms with Crippen molar-refractivity contribution in [2.24, 2.45) is 0 Å². The average Bonchev–Trinajstić information content (AvgIpc) is 3.48. The summed E-state index contributed by atoms with van der Waals surface area (Å²) < 4.78 is 5.29. The monoisotopic (exact) mass is 404 g/mol. The van der Waals surface area contributed by atoms with E-state index >= 15 is 0 Å². The standard InChI is InChI=1S/C23H24N4OS/c1-16-6-8-17(9-7-16)14-26-15-18(13-24-26)25-23(28)21-12-22-20(10-11-29-22)27(21)19-4-2-3-5-19/h6-13,15,19H,2-5,14H2,1H3,(H,25,28). The summed E-state index contributed by atoms with van der Waals surface area (Å²) in [7, 11) is 0. The van der Waals surface area contributed by atoms with Gasteiger partial charge in [-0.25, -0.2) is 0 Å². The number of hydrogen-bond acceptors (Lipinski definition) is 3. The molecule has 0 unspecified atom stereocenters. The maximum atomic E-state index is 13.1. The highest BCUT2D eigenvalue weighted by molar-refractivity contribution is 7.17. The molecule has 1 amide bonds. The van der Waals surface area contributed by atoms with Crippen molar-refractivity contribution in [1.29, 1.82) is 0 Å². The van der Waals surface area contributed by atoms with Crippen LogP contribution in [0.25, 0.3) is 10.2 Å². The molecule has 1 aliphatic carbocycles. The second-order valence-corrected chi connectivity index (χ2v) is 8.82. The van der Waals surface area contributed by atoms with Crippen LogP contribution in [0.3, 0.4) is 0 Å². The zero-order valence-electron chi connectivity index (χ0n) is 16.5. The molecule has 0 spiro atoms. The molecule has 0 bridgehead atoms. The van der Waals surface area contributed by atoms with Gasteiger partial charge < -0.3 is 9.88 Å². The predicted octanol–water partition coefficient (Wildman–Crippen LogP) is 5.62. The first-order valence-electron chi connectivity index (χ1n) is 10.2. The summed E-state index contributed by atoms with van der Waals surface area (Å²) in [5, 5.41) is 9.56. The lowest BCUT2D eigenvalue weighted by molar-refractivity contribution is 0.101. The Bertz CT molecular complexity index is 1150. The molecule has 0 saturated heterocycles. The summed E-state index contributed by atoms with van der Waals surface area (Å²) >= 11 is 1.69. The minimum Gasteiger partial charge on any atom is -0.333 e. The number of amides is 1. The zero-order chi connectivity index (χ0) is 19.8. The van der Waals surface area contributed by atoms with Crippen molar-refractivity contribution >= 4 is 33.1 Å². The molecule has 6 heteroatoms. The molecule has 1 N–H and O–H groups in total. The number of nitrogens with one attached hydrogen (secondary N) is 1. The third-order valence-corrected chi connectivity index (χ3v) is 6.59. The SMILES string of the molecule is Cc1ccc(Cn2cc(NC(=O)c3cc4sccc4n3C3CCCC3)cn2)cc1. The molecule has 3 aromatic heterocycles. The number of anilines is 1. The van der Waals surface area contributed by atoms with Crippen molar-refractivity contribution in [2.75, 3.05) is 5.32 Å². The van der Waals surface area contributed by atoms with Crippen LogP contribution in [0.15, 0.2) is 54.2 Å². The summed E-state index contributed by atoms with van der Waals surface area (Å²) in [4.78, 5) is 13.1. The second kappa shape index (κ2) is 7.52. The van der Waals surface area contributed by atoms with Crippen molar-refractivity contribution in [2.45, 2.75) is 45.2 Å². The van der Waals surface area contributed by atoms with Crippen molar-refractivity contribution < 1.29 is 4.79 Å². The van der Waals surface area contributed by atoms with Crippen LogP contribution in [-0.2, 0) is 6.54 Å². The van der Waals surface area contributed by atoms with Gasteiger partial charge in [0.15, 0.2) is 0 Å². The minimum atomic E-state index is -0.0600. The van der Waals surface area contributed by atoms with Gasteiger partial charge in [0.2, 0.25) is 0 Å². The van der Waals surface area contributed by atoms with E-state index in [1.807, 2.05) is 16.9 Å². The number of rotatable bonds is 5. The van der Waals surface area contributed by atoms with Crippen LogP contribution in [0.1, 0.15) is 53.3 Å². The van der Waals surface area contributed by atoms with Crippen LogP contribution < -0.4 is 5.32 Å². The van der Waals surface area contributed by atoms with Gasteiger partial charge in [0, 0.05) is 12.2 Å². The highest BCUT2D eigenvalue weighted by Gasteiger charge is 2.25. The average molecular weight is 405 g/mol. The third-order valence-electron chi connectivity index (χ3n) is 5.74. The fourth-order valence-electron chi connectivity index (χ4n) is 4.27. The Morgan fingerprint density at radius 2 is 2.00 bits per heavy atom. The Morgan fingerprint density at radius 3 is 2.79 bits per heavy atom. The van der Waals surface area contributed by atoms with Crippen LogP contribution >= 0.6 is 11.3 Å². The summed E-state index contributed by atoms with van der Waals surface area (Å²) in [5.74, 6) is -0.0600. The summed E-state index contributed by atoms with van der Waals surface area (Å²) in [6.45, 7) is 2.77. The molecule has 5 nitrogen and oxygen atoms in total.